The Hall–Kier alpha value is -2.43. The number of hydrogen-bond acceptors (Lipinski definition) is 7. The lowest BCUT2D eigenvalue weighted by Crippen LogP contribution is -2.50. The Morgan fingerprint density at radius 2 is 1.88 bits per heavy atom. The second-order valence-corrected chi connectivity index (χ2v) is 10.6. The van der Waals surface area contributed by atoms with Crippen LogP contribution in [0, 0.1) is 6.92 Å². The molecule has 1 saturated heterocycles. The lowest BCUT2D eigenvalue weighted by Gasteiger charge is -2.34. The van der Waals surface area contributed by atoms with Gasteiger partial charge in [0.1, 0.15) is 5.82 Å². The van der Waals surface area contributed by atoms with Gasteiger partial charge in [-0.25, -0.2) is 9.97 Å². The van der Waals surface area contributed by atoms with Crippen molar-refractivity contribution >= 4 is 61.8 Å². The number of carbonyl (C=O) groups is 2. The summed E-state index contributed by atoms with van der Waals surface area (Å²) >= 11 is 6.56. The molecule has 0 unspecified atom stereocenters. The molecule has 1 N–H and O–H groups in total. The fourth-order valence-corrected chi connectivity index (χ4v) is 5.44. The monoisotopic (exact) mass is 531 g/mol. The van der Waals surface area contributed by atoms with E-state index in [0.717, 1.165) is 30.2 Å². The number of hydrogen-bond donors (Lipinski definition) is 1. The van der Waals surface area contributed by atoms with Crippen LogP contribution in [0.25, 0.3) is 0 Å². The average Bonchev–Trinajstić information content (AvgIpc) is 3.22. The highest BCUT2D eigenvalue weighted by molar-refractivity contribution is 9.10. The molecule has 166 valence electrons. The number of nitrogens with zero attached hydrogens (tertiary/aromatic N) is 4. The molecular formula is C22H22BrN5O2S2. The van der Waals surface area contributed by atoms with E-state index in [2.05, 4.69) is 31.2 Å². The number of rotatable bonds is 5. The third kappa shape index (κ3) is 5.48. The maximum atomic E-state index is 12.9. The summed E-state index contributed by atoms with van der Waals surface area (Å²) in [4.78, 5) is 37.9. The quantitative estimate of drug-likeness (QED) is 0.509. The third-order valence-corrected chi connectivity index (χ3v) is 7.89. The molecule has 2 aromatic heterocycles. The van der Waals surface area contributed by atoms with Crippen molar-refractivity contribution in [2.45, 2.75) is 23.0 Å². The minimum absolute atomic E-state index is 0.000931. The maximum Gasteiger partial charge on any atom is 0.254 e. The number of anilines is 2. The molecule has 0 spiro atoms. The lowest BCUT2D eigenvalue weighted by atomic mass is 10.2. The molecule has 1 aliphatic rings. The second-order valence-electron chi connectivity index (χ2n) is 7.30. The normalized spacial score (nSPS) is 13.8. The van der Waals surface area contributed by atoms with E-state index in [1.165, 1.54) is 11.3 Å². The van der Waals surface area contributed by atoms with Gasteiger partial charge in [-0.05, 0) is 53.2 Å². The highest BCUT2D eigenvalue weighted by Crippen LogP contribution is 2.35. The van der Waals surface area contributed by atoms with Gasteiger partial charge in [0.2, 0.25) is 5.91 Å². The molecule has 0 aliphatic carbocycles. The number of thiazole rings is 1. The zero-order valence-corrected chi connectivity index (χ0v) is 20.9. The van der Waals surface area contributed by atoms with Crippen molar-refractivity contribution in [3.8, 4) is 0 Å². The highest BCUT2D eigenvalue weighted by atomic mass is 79.9. The first-order valence-corrected chi connectivity index (χ1v) is 12.5. The summed E-state index contributed by atoms with van der Waals surface area (Å²) in [5, 5.41) is 4.00. The summed E-state index contributed by atoms with van der Waals surface area (Å²) in [6, 6.07) is 11.5. The van der Waals surface area contributed by atoms with E-state index < -0.39 is 0 Å². The van der Waals surface area contributed by atoms with Crippen LogP contribution < -0.4 is 5.32 Å². The van der Waals surface area contributed by atoms with E-state index in [9.17, 15) is 9.59 Å². The first-order valence-electron chi connectivity index (χ1n) is 10.1. The van der Waals surface area contributed by atoms with Gasteiger partial charge in [0.15, 0.2) is 5.13 Å². The van der Waals surface area contributed by atoms with E-state index in [-0.39, 0.29) is 11.8 Å². The number of nitrogens with one attached hydrogen (secondary N) is 1. The Morgan fingerprint density at radius 1 is 1.12 bits per heavy atom. The topological polar surface area (TPSA) is 78.4 Å². The van der Waals surface area contributed by atoms with E-state index in [1.54, 1.807) is 23.6 Å². The first kappa shape index (κ1) is 22.8. The fourth-order valence-electron chi connectivity index (χ4n) is 3.30. The Kier molecular flexibility index (Phi) is 7.12. The molecule has 3 aromatic rings. The largest absolute Gasteiger partial charge is 0.339 e. The molecule has 32 heavy (non-hydrogen) atoms. The van der Waals surface area contributed by atoms with Gasteiger partial charge in [0, 0.05) is 48.0 Å². The molecule has 1 aliphatic heterocycles. The summed E-state index contributed by atoms with van der Waals surface area (Å²) in [7, 11) is 0. The zero-order valence-electron chi connectivity index (χ0n) is 17.7. The number of halogens is 1. The predicted molar refractivity (Wildman–Crippen MR) is 131 cm³/mol. The van der Waals surface area contributed by atoms with Crippen LogP contribution in [0.15, 0.2) is 56.2 Å². The fraction of sp³-hybridized carbons (Fsp3) is 0.273. The van der Waals surface area contributed by atoms with Gasteiger partial charge in [-0.1, -0.05) is 29.2 Å². The van der Waals surface area contributed by atoms with Crippen LogP contribution in [0.4, 0.5) is 10.9 Å². The molecule has 3 heterocycles. The smallest absolute Gasteiger partial charge is 0.254 e. The molecule has 1 fully saturated rings. The number of aromatic nitrogens is 2. The Balaban J connectivity index is 1.39. The predicted octanol–water partition coefficient (Wildman–Crippen LogP) is 4.81. The molecule has 0 atom stereocenters. The van der Waals surface area contributed by atoms with Gasteiger partial charge < -0.3 is 15.1 Å². The van der Waals surface area contributed by atoms with Gasteiger partial charge in [-0.3, -0.25) is 9.59 Å². The number of aryl methyl sites for hydroxylation is 1. The maximum absolute atomic E-state index is 12.9. The second kappa shape index (κ2) is 10.0. The number of carbonyl (C=O) groups excluding carboxylic acids is 2. The lowest BCUT2D eigenvalue weighted by molar-refractivity contribution is -0.130. The van der Waals surface area contributed by atoms with Gasteiger partial charge >= 0.3 is 0 Å². The van der Waals surface area contributed by atoms with Crippen LogP contribution in [-0.2, 0) is 4.79 Å². The summed E-state index contributed by atoms with van der Waals surface area (Å²) in [6.45, 7) is 5.79. The molecule has 10 heteroatoms. The van der Waals surface area contributed by atoms with Crippen LogP contribution in [0.2, 0.25) is 0 Å². The van der Waals surface area contributed by atoms with Gasteiger partial charge in [-0.2, -0.15) is 0 Å². The van der Waals surface area contributed by atoms with E-state index in [1.807, 2.05) is 54.4 Å². The minimum Gasteiger partial charge on any atom is -0.339 e. The number of piperazine rings is 1. The van der Waals surface area contributed by atoms with Crippen LogP contribution in [-0.4, -0.2) is 57.8 Å². The molecule has 0 radical (unpaired) electrons. The average molecular weight is 532 g/mol. The highest BCUT2D eigenvalue weighted by Gasteiger charge is 2.23. The standard InChI is InChI=1S/C22H22BrN5O2S2/c1-14-18(23)6-7-19(25-14)26-22-24-13-20(32-22)31-17-5-3-4-16(12-17)21(30)28-10-8-27(9-11-28)15(2)29/h3-7,12-13H,8-11H2,1-2H3,(H,24,25,26). The van der Waals surface area contributed by atoms with Crippen molar-refractivity contribution in [1.29, 1.82) is 0 Å². The Morgan fingerprint density at radius 3 is 2.59 bits per heavy atom. The minimum atomic E-state index is -0.000931. The number of benzene rings is 1. The molecular weight excluding hydrogens is 510 g/mol. The third-order valence-electron chi connectivity index (χ3n) is 5.05. The molecule has 0 saturated carbocycles. The Labute approximate surface area is 203 Å². The van der Waals surface area contributed by atoms with E-state index >= 15 is 0 Å². The molecule has 2 amide bonds. The molecule has 1 aromatic carbocycles. The van der Waals surface area contributed by atoms with Crippen molar-refractivity contribution in [3.63, 3.8) is 0 Å². The van der Waals surface area contributed by atoms with Crippen molar-refractivity contribution in [3.05, 3.63) is 58.3 Å². The number of pyridine rings is 1. The van der Waals surface area contributed by atoms with E-state index in [0.29, 0.717) is 31.7 Å². The summed E-state index contributed by atoms with van der Waals surface area (Å²) in [5.74, 6) is 0.799. The summed E-state index contributed by atoms with van der Waals surface area (Å²) in [6.07, 6.45) is 1.82. The zero-order chi connectivity index (χ0) is 22.7. The Bertz CT molecular complexity index is 1140. The van der Waals surface area contributed by atoms with Gasteiger partial charge in [0.25, 0.3) is 5.91 Å². The van der Waals surface area contributed by atoms with Crippen LogP contribution in [0.1, 0.15) is 23.0 Å². The van der Waals surface area contributed by atoms with Crippen LogP contribution in [0.3, 0.4) is 0 Å². The van der Waals surface area contributed by atoms with Crippen molar-refractivity contribution in [2.24, 2.45) is 0 Å². The van der Waals surface area contributed by atoms with Crippen molar-refractivity contribution < 1.29 is 9.59 Å². The number of amides is 2. The van der Waals surface area contributed by atoms with Crippen molar-refractivity contribution in [2.75, 3.05) is 31.5 Å². The summed E-state index contributed by atoms with van der Waals surface area (Å²) in [5.41, 5.74) is 1.56. The van der Waals surface area contributed by atoms with Crippen molar-refractivity contribution in [1.82, 2.24) is 19.8 Å². The first-order chi connectivity index (χ1) is 15.4. The van der Waals surface area contributed by atoms with E-state index in [4.69, 9.17) is 0 Å². The van der Waals surface area contributed by atoms with Gasteiger partial charge in [-0.15, -0.1) is 0 Å². The van der Waals surface area contributed by atoms with Crippen LogP contribution >= 0.6 is 39.0 Å². The van der Waals surface area contributed by atoms with Gasteiger partial charge in [0.05, 0.1) is 16.1 Å². The SMILES string of the molecule is CC(=O)N1CCN(C(=O)c2cccc(Sc3cnc(Nc4ccc(Br)c(C)n4)s3)c2)CC1. The molecule has 7 nitrogen and oxygen atoms in total. The summed E-state index contributed by atoms with van der Waals surface area (Å²) < 4.78 is 1.98. The van der Waals surface area contributed by atoms with Crippen LogP contribution in [0.5, 0.6) is 0 Å². The molecule has 0 bridgehead atoms. The molecule has 4 rings (SSSR count).